The van der Waals surface area contributed by atoms with Crippen LogP contribution in [0.25, 0.3) is 0 Å². The molecule has 100 valence electrons. The van der Waals surface area contributed by atoms with Crippen LogP contribution >= 0.6 is 0 Å². The molecule has 2 N–H and O–H groups in total. The van der Waals surface area contributed by atoms with Gasteiger partial charge in [-0.15, -0.1) is 0 Å². The smallest absolute Gasteiger partial charge is 0.218 e. The highest BCUT2D eigenvalue weighted by molar-refractivity contribution is 5.43. The van der Waals surface area contributed by atoms with Gasteiger partial charge < -0.3 is 15.2 Å². The van der Waals surface area contributed by atoms with Crippen molar-refractivity contribution in [3.8, 4) is 11.6 Å². The number of aryl methyl sites for hydroxylation is 1. The Kier molecular flexibility index (Phi) is 4.02. The number of rotatable bonds is 4. The van der Waals surface area contributed by atoms with E-state index in [0.717, 1.165) is 22.4 Å². The van der Waals surface area contributed by atoms with Crippen LogP contribution in [0.3, 0.4) is 0 Å². The van der Waals surface area contributed by atoms with Crippen molar-refractivity contribution in [3.05, 3.63) is 53.2 Å². The zero-order valence-electron chi connectivity index (χ0n) is 11.4. The van der Waals surface area contributed by atoms with E-state index in [2.05, 4.69) is 4.98 Å². The number of pyridine rings is 1. The van der Waals surface area contributed by atoms with Crippen molar-refractivity contribution < 1.29 is 9.47 Å². The lowest BCUT2D eigenvalue weighted by Crippen LogP contribution is -2.15. The zero-order chi connectivity index (χ0) is 13.8. The molecule has 0 amide bonds. The highest BCUT2D eigenvalue weighted by Gasteiger charge is 2.16. The van der Waals surface area contributed by atoms with E-state index in [1.165, 1.54) is 0 Å². The van der Waals surface area contributed by atoms with Gasteiger partial charge in [0.2, 0.25) is 5.88 Å². The second-order valence-electron chi connectivity index (χ2n) is 4.30. The number of benzene rings is 1. The molecule has 0 radical (unpaired) electrons. The lowest BCUT2D eigenvalue weighted by atomic mass is 9.96. The number of methoxy groups -OCH3 is 2. The Labute approximate surface area is 113 Å². The third kappa shape index (κ3) is 2.69. The van der Waals surface area contributed by atoms with Crippen molar-refractivity contribution >= 4 is 0 Å². The summed E-state index contributed by atoms with van der Waals surface area (Å²) in [5, 5.41) is 0. The molecule has 1 atom stereocenters. The summed E-state index contributed by atoms with van der Waals surface area (Å²) in [6.45, 7) is 2.01. The van der Waals surface area contributed by atoms with E-state index in [0.29, 0.717) is 5.88 Å². The number of nitrogens with zero attached hydrogens (tertiary/aromatic N) is 1. The summed E-state index contributed by atoms with van der Waals surface area (Å²) in [5.74, 6) is 1.39. The van der Waals surface area contributed by atoms with Gasteiger partial charge in [-0.3, -0.25) is 0 Å². The topological polar surface area (TPSA) is 57.4 Å². The third-order valence-electron chi connectivity index (χ3n) is 3.14. The van der Waals surface area contributed by atoms with Crippen LogP contribution < -0.4 is 15.2 Å². The molecule has 1 heterocycles. The van der Waals surface area contributed by atoms with Gasteiger partial charge in [0, 0.05) is 11.8 Å². The number of aromatic nitrogens is 1. The van der Waals surface area contributed by atoms with Crippen LogP contribution in [0.4, 0.5) is 0 Å². The average Bonchev–Trinajstić information content (AvgIpc) is 2.46. The maximum absolute atomic E-state index is 6.32. The first-order chi connectivity index (χ1) is 9.17. The Morgan fingerprint density at radius 3 is 2.53 bits per heavy atom. The summed E-state index contributed by atoms with van der Waals surface area (Å²) >= 11 is 0. The molecule has 4 heteroatoms. The van der Waals surface area contributed by atoms with Crippen LogP contribution in [0.2, 0.25) is 0 Å². The molecule has 2 rings (SSSR count). The van der Waals surface area contributed by atoms with Crippen molar-refractivity contribution in [2.75, 3.05) is 14.2 Å². The predicted molar refractivity (Wildman–Crippen MR) is 74.6 cm³/mol. The molecule has 0 bridgehead atoms. The molecule has 1 aromatic carbocycles. The van der Waals surface area contributed by atoms with Gasteiger partial charge in [0.05, 0.1) is 20.3 Å². The standard InChI is InChI=1S/C15H18N2O2/c1-10-9-11(18-2)6-7-12(10)14(16)13-5-4-8-17-15(13)19-3/h4-9,14H,16H2,1-3H3. The minimum absolute atomic E-state index is 0.269. The number of hydrogen-bond donors (Lipinski definition) is 1. The summed E-state index contributed by atoms with van der Waals surface area (Å²) < 4.78 is 10.5. The lowest BCUT2D eigenvalue weighted by Gasteiger charge is -2.17. The van der Waals surface area contributed by atoms with E-state index in [1.807, 2.05) is 37.3 Å². The highest BCUT2D eigenvalue weighted by atomic mass is 16.5. The van der Waals surface area contributed by atoms with Crippen molar-refractivity contribution in [2.24, 2.45) is 5.73 Å². The van der Waals surface area contributed by atoms with Gasteiger partial charge in [-0.2, -0.15) is 0 Å². The van der Waals surface area contributed by atoms with E-state index in [4.69, 9.17) is 15.2 Å². The van der Waals surface area contributed by atoms with Crippen molar-refractivity contribution in [3.63, 3.8) is 0 Å². The van der Waals surface area contributed by atoms with Crippen molar-refractivity contribution in [1.29, 1.82) is 0 Å². The monoisotopic (exact) mass is 258 g/mol. The van der Waals surface area contributed by atoms with Gasteiger partial charge in [0.1, 0.15) is 5.75 Å². The molecule has 19 heavy (non-hydrogen) atoms. The predicted octanol–water partition coefficient (Wildman–Crippen LogP) is 2.46. The van der Waals surface area contributed by atoms with Gasteiger partial charge in [-0.05, 0) is 36.2 Å². The summed E-state index contributed by atoms with van der Waals surface area (Å²) in [6.07, 6.45) is 1.69. The van der Waals surface area contributed by atoms with Gasteiger partial charge >= 0.3 is 0 Å². The van der Waals surface area contributed by atoms with Crippen LogP contribution in [-0.4, -0.2) is 19.2 Å². The molecule has 0 aliphatic rings. The Hall–Kier alpha value is -2.07. The highest BCUT2D eigenvalue weighted by Crippen LogP contribution is 2.29. The van der Waals surface area contributed by atoms with Gasteiger partial charge in [0.15, 0.2) is 0 Å². The normalized spacial score (nSPS) is 12.0. The second-order valence-corrected chi connectivity index (χ2v) is 4.30. The van der Waals surface area contributed by atoms with Gasteiger partial charge in [-0.1, -0.05) is 12.1 Å². The fraction of sp³-hybridized carbons (Fsp3) is 0.267. The molecule has 4 nitrogen and oxygen atoms in total. The maximum Gasteiger partial charge on any atom is 0.218 e. The molecule has 0 spiro atoms. The molecular formula is C15H18N2O2. The molecule has 0 saturated heterocycles. The Morgan fingerprint density at radius 1 is 1.11 bits per heavy atom. The van der Waals surface area contributed by atoms with E-state index in [9.17, 15) is 0 Å². The largest absolute Gasteiger partial charge is 0.497 e. The number of hydrogen-bond acceptors (Lipinski definition) is 4. The first-order valence-electron chi connectivity index (χ1n) is 6.06. The van der Waals surface area contributed by atoms with Crippen LogP contribution in [-0.2, 0) is 0 Å². The molecular weight excluding hydrogens is 240 g/mol. The summed E-state index contributed by atoms with van der Waals surface area (Å²) in [7, 11) is 3.25. The van der Waals surface area contributed by atoms with Crippen LogP contribution in [0, 0.1) is 6.92 Å². The molecule has 1 unspecified atom stereocenters. The minimum atomic E-state index is -0.269. The van der Waals surface area contributed by atoms with Gasteiger partial charge in [-0.25, -0.2) is 4.98 Å². The quantitative estimate of drug-likeness (QED) is 0.915. The Balaban J connectivity index is 2.41. The van der Waals surface area contributed by atoms with Crippen LogP contribution in [0.15, 0.2) is 36.5 Å². The SMILES string of the molecule is COc1ccc(C(N)c2cccnc2OC)c(C)c1. The van der Waals surface area contributed by atoms with Crippen molar-refractivity contribution in [2.45, 2.75) is 13.0 Å². The Morgan fingerprint density at radius 2 is 1.89 bits per heavy atom. The van der Waals surface area contributed by atoms with E-state index in [1.54, 1.807) is 20.4 Å². The number of nitrogens with two attached hydrogens (primary N) is 1. The van der Waals surface area contributed by atoms with E-state index in [-0.39, 0.29) is 6.04 Å². The van der Waals surface area contributed by atoms with Crippen molar-refractivity contribution in [1.82, 2.24) is 4.98 Å². The lowest BCUT2D eigenvalue weighted by molar-refractivity contribution is 0.390. The number of ether oxygens (including phenoxy) is 2. The average molecular weight is 258 g/mol. The van der Waals surface area contributed by atoms with Crippen LogP contribution in [0.1, 0.15) is 22.7 Å². The fourth-order valence-electron chi connectivity index (χ4n) is 2.10. The molecule has 0 fully saturated rings. The molecule has 0 aliphatic carbocycles. The molecule has 0 aliphatic heterocycles. The van der Waals surface area contributed by atoms with E-state index >= 15 is 0 Å². The molecule has 1 aromatic heterocycles. The molecule has 0 saturated carbocycles. The Bertz CT molecular complexity index is 570. The minimum Gasteiger partial charge on any atom is -0.497 e. The van der Waals surface area contributed by atoms with Gasteiger partial charge in [0.25, 0.3) is 0 Å². The summed E-state index contributed by atoms with van der Waals surface area (Å²) in [6, 6.07) is 9.38. The second kappa shape index (κ2) is 5.71. The summed E-state index contributed by atoms with van der Waals surface area (Å²) in [4.78, 5) is 4.18. The summed E-state index contributed by atoms with van der Waals surface area (Å²) in [5.41, 5.74) is 9.31. The van der Waals surface area contributed by atoms with E-state index < -0.39 is 0 Å². The molecule has 2 aromatic rings. The fourth-order valence-corrected chi connectivity index (χ4v) is 2.10. The first-order valence-corrected chi connectivity index (χ1v) is 6.06. The zero-order valence-corrected chi connectivity index (χ0v) is 11.4. The van der Waals surface area contributed by atoms with Crippen LogP contribution in [0.5, 0.6) is 11.6 Å². The third-order valence-corrected chi connectivity index (χ3v) is 3.14. The maximum atomic E-state index is 6.32. The first kappa shape index (κ1) is 13.4.